The predicted molar refractivity (Wildman–Crippen MR) is 97.2 cm³/mol. The minimum absolute atomic E-state index is 0.278. The first-order valence-corrected chi connectivity index (χ1v) is 8.14. The number of aryl methyl sites for hydroxylation is 3. The number of rotatable bonds is 6. The van der Waals surface area contributed by atoms with Gasteiger partial charge in [0.2, 0.25) is 0 Å². The Balaban J connectivity index is 1.78. The van der Waals surface area contributed by atoms with Crippen LogP contribution in [0.3, 0.4) is 0 Å². The first-order chi connectivity index (χ1) is 11.8. The Morgan fingerprint density at radius 2 is 1.76 bits per heavy atom. The van der Waals surface area contributed by atoms with Crippen molar-refractivity contribution < 1.29 is 19.1 Å². The van der Waals surface area contributed by atoms with E-state index in [2.05, 4.69) is 5.32 Å². The van der Waals surface area contributed by atoms with Gasteiger partial charge in [0.1, 0.15) is 5.75 Å². The van der Waals surface area contributed by atoms with E-state index in [-0.39, 0.29) is 13.2 Å². The van der Waals surface area contributed by atoms with Crippen molar-refractivity contribution in [2.75, 3.05) is 18.5 Å². The van der Waals surface area contributed by atoms with Crippen molar-refractivity contribution in [2.24, 2.45) is 0 Å². The third-order valence-electron chi connectivity index (χ3n) is 3.50. The molecule has 0 heterocycles. The van der Waals surface area contributed by atoms with Gasteiger partial charge in [-0.25, -0.2) is 4.79 Å². The third-order valence-corrected chi connectivity index (χ3v) is 3.74. The van der Waals surface area contributed by atoms with Crippen molar-refractivity contribution in [3.05, 3.63) is 58.1 Å². The quantitative estimate of drug-likeness (QED) is 0.794. The van der Waals surface area contributed by atoms with Gasteiger partial charge >= 0.3 is 5.97 Å². The Hall–Kier alpha value is -2.53. The highest BCUT2D eigenvalue weighted by Crippen LogP contribution is 2.21. The number of carbonyl (C=O) groups is 2. The van der Waals surface area contributed by atoms with Crippen molar-refractivity contribution in [1.82, 2.24) is 0 Å². The molecule has 0 saturated heterocycles. The van der Waals surface area contributed by atoms with Crippen LogP contribution >= 0.6 is 11.6 Å². The SMILES string of the molecule is Cc1ccc(NC(=O)COC(=O)COc2ccc(Cl)cc2C)c(C)c1. The van der Waals surface area contributed by atoms with E-state index in [1.165, 1.54) is 0 Å². The number of esters is 1. The molecule has 1 N–H and O–H groups in total. The van der Waals surface area contributed by atoms with Gasteiger partial charge in [-0.2, -0.15) is 0 Å². The third kappa shape index (κ3) is 5.80. The van der Waals surface area contributed by atoms with Crippen molar-refractivity contribution in [1.29, 1.82) is 0 Å². The predicted octanol–water partition coefficient (Wildman–Crippen LogP) is 3.83. The maximum Gasteiger partial charge on any atom is 0.344 e. The van der Waals surface area contributed by atoms with Crippen LogP contribution in [0.15, 0.2) is 36.4 Å². The first kappa shape index (κ1) is 18.8. The van der Waals surface area contributed by atoms with Crippen LogP contribution in [0.2, 0.25) is 5.02 Å². The number of carbonyl (C=O) groups excluding carboxylic acids is 2. The topological polar surface area (TPSA) is 64.6 Å². The summed E-state index contributed by atoms with van der Waals surface area (Å²) in [6, 6.07) is 10.8. The molecule has 2 aromatic rings. The van der Waals surface area contributed by atoms with E-state index in [4.69, 9.17) is 21.1 Å². The maximum absolute atomic E-state index is 11.9. The van der Waals surface area contributed by atoms with Crippen LogP contribution in [-0.4, -0.2) is 25.1 Å². The molecule has 0 aromatic heterocycles. The molecule has 0 aliphatic carbocycles. The zero-order chi connectivity index (χ0) is 18.4. The first-order valence-electron chi connectivity index (χ1n) is 7.77. The summed E-state index contributed by atoms with van der Waals surface area (Å²) in [4.78, 5) is 23.6. The van der Waals surface area contributed by atoms with Gasteiger partial charge in [0, 0.05) is 10.7 Å². The molecule has 5 nitrogen and oxygen atoms in total. The molecule has 0 atom stereocenters. The fraction of sp³-hybridized carbons (Fsp3) is 0.263. The number of hydrogen-bond acceptors (Lipinski definition) is 4. The molecule has 132 valence electrons. The van der Waals surface area contributed by atoms with Crippen molar-refractivity contribution in [3.8, 4) is 5.75 Å². The minimum Gasteiger partial charge on any atom is -0.482 e. The average Bonchev–Trinajstić information content (AvgIpc) is 2.55. The van der Waals surface area contributed by atoms with E-state index in [0.717, 1.165) is 16.7 Å². The van der Waals surface area contributed by atoms with Crippen molar-refractivity contribution >= 4 is 29.2 Å². The molecule has 0 aliphatic rings. The van der Waals surface area contributed by atoms with Gasteiger partial charge in [0.15, 0.2) is 13.2 Å². The van der Waals surface area contributed by atoms with Crippen LogP contribution in [0.4, 0.5) is 5.69 Å². The van der Waals surface area contributed by atoms with E-state index in [0.29, 0.717) is 16.5 Å². The van der Waals surface area contributed by atoms with Gasteiger partial charge in [0.25, 0.3) is 5.91 Å². The summed E-state index contributed by atoms with van der Waals surface area (Å²) in [5, 5.41) is 3.30. The molecule has 1 amide bonds. The Morgan fingerprint density at radius 1 is 1.00 bits per heavy atom. The molecular formula is C19H20ClNO4. The van der Waals surface area contributed by atoms with Crippen LogP contribution in [0, 0.1) is 20.8 Å². The van der Waals surface area contributed by atoms with Gasteiger partial charge in [-0.15, -0.1) is 0 Å². The maximum atomic E-state index is 11.9. The highest BCUT2D eigenvalue weighted by atomic mass is 35.5. The largest absolute Gasteiger partial charge is 0.482 e. The molecule has 0 aliphatic heterocycles. The van der Waals surface area contributed by atoms with Gasteiger partial charge in [-0.1, -0.05) is 29.3 Å². The molecular weight excluding hydrogens is 342 g/mol. The molecule has 0 radical (unpaired) electrons. The van der Waals surface area contributed by atoms with Crippen LogP contribution < -0.4 is 10.1 Å². The number of benzene rings is 2. The molecule has 2 aromatic carbocycles. The standard InChI is InChI=1S/C19H20ClNO4/c1-12-4-6-16(13(2)8-12)21-18(22)10-25-19(23)11-24-17-7-5-15(20)9-14(17)3/h4-9H,10-11H2,1-3H3,(H,21,22). The normalized spacial score (nSPS) is 10.2. The van der Waals surface area contributed by atoms with Crippen molar-refractivity contribution in [3.63, 3.8) is 0 Å². The molecule has 0 unspecified atom stereocenters. The average molecular weight is 362 g/mol. The van der Waals surface area contributed by atoms with Gasteiger partial charge in [0.05, 0.1) is 0 Å². The lowest BCUT2D eigenvalue weighted by Gasteiger charge is -2.11. The molecule has 0 bridgehead atoms. The molecule has 6 heteroatoms. The lowest BCUT2D eigenvalue weighted by molar-refractivity contribution is -0.149. The number of anilines is 1. The second-order valence-corrected chi connectivity index (χ2v) is 6.16. The van der Waals surface area contributed by atoms with E-state index >= 15 is 0 Å². The molecule has 25 heavy (non-hydrogen) atoms. The zero-order valence-corrected chi connectivity index (χ0v) is 15.1. The summed E-state index contributed by atoms with van der Waals surface area (Å²) in [5.41, 5.74) is 3.56. The zero-order valence-electron chi connectivity index (χ0n) is 14.4. The summed E-state index contributed by atoms with van der Waals surface area (Å²) >= 11 is 5.86. The summed E-state index contributed by atoms with van der Waals surface area (Å²) in [7, 11) is 0. The molecule has 0 spiro atoms. The fourth-order valence-electron chi connectivity index (χ4n) is 2.24. The lowest BCUT2D eigenvalue weighted by atomic mass is 10.1. The van der Waals surface area contributed by atoms with Gasteiger partial charge in [-0.3, -0.25) is 4.79 Å². The van der Waals surface area contributed by atoms with E-state index in [1.807, 2.05) is 39.0 Å². The van der Waals surface area contributed by atoms with Crippen LogP contribution in [0.5, 0.6) is 5.75 Å². The number of hydrogen-bond donors (Lipinski definition) is 1. The summed E-state index contributed by atoms with van der Waals surface area (Å²) < 4.78 is 10.3. The summed E-state index contributed by atoms with van der Waals surface area (Å²) in [5.74, 6) is -0.478. The van der Waals surface area contributed by atoms with E-state index in [1.54, 1.807) is 18.2 Å². The summed E-state index contributed by atoms with van der Waals surface area (Å²) in [6.07, 6.45) is 0. The van der Waals surface area contributed by atoms with Crippen LogP contribution in [0.1, 0.15) is 16.7 Å². The monoisotopic (exact) mass is 361 g/mol. The number of nitrogens with one attached hydrogen (secondary N) is 1. The van der Waals surface area contributed by atoms with Crippen LogP contribution in [-0.2, 0) is 14.3 Å². The van der Waals surface area contributed by atoms with E-state index < -0.39 is 11.9 Å². The Morgan fingerprint density at radius 3 is 2.44 bits per heavy atom. The Labute approximate surface area is 151 Å². The number of amides is 1. The Kier molecular flexibility index (Phi) is 6.42. The highest BCUT2D eigenvalue weighted by molar-refractivity contribution is 6.30. The van der Waals surface area contributed by atoms with Crippen molar-refractivity contribution in [2.45, 2.75) is 20.8 Å². The fourth-order valence-corrected chi connectivity index (χ4v) is 2.47. The molecule has 0 fully saturated rings. The van der Waals surface area contributed by atoms with E-state index in [9.17, 15) is 9.59 Å². The minimum atomic E-state index is -0.620. The highest BCUT2D eigenvalue weighted by Gasteiger charge is 2.10. The Bertz CT molecular complexity index is 789. The number of ether oxygens (including phenoxy) is 2. The van der Waals surface area contributed by atoms with Gasteiger partial charge in [-0.05, 0) is 56.2 Å². The smallest absolute Gasteiger partial charge is 0.344 e. The second kappa shape index (κ2) is 8.53. The second-order valence-electron chi connectivity index (χ2n) is 5.73. The molecule has 0 saturated carbocycles. The summed E-state index contributed by atoms with van der Waals surface area (Å²) in [6.45, 7) is 5.05. The van der Waals surface area contributed by atoms with Gasteiger partial charge < -0.3 is 14.8 Å². The molecule has 2 rings (SSSR count). The van der Waals surface area contributed by atoms with Crippen LogP contribution in [0.25, 0.3) is 0 Å². The number of halogens is 1. The lowest BCUT2D eigenvalue weighted by Crippen LogP contribution is -2.24.